The predicted molar refractivity (Wildman–Crippen MR) is 269 cm³/mol. The van der Waals surface area contributed by atoms with E-state index in [0.29, 0.717) is 11.8 Å². The van der Waals surface area contributed by atoms with Crippen LogP contribution in [0, 0.1) is 27.7 Å². The molecule has 0 saturated heterocycles. The lowest BCUT2D eigenvalue weighted by atomic mass is 9.96. The molecule has 2 heteroatoms. The van der Waals surface area contributed by atoms with E-state index >= 15 is 0 Å². The number of aryl methyl sites for hydroxylation is 4. The van der Waals surface area contributed by atoms with Gasteiger partial charge in [-0.05, 0) is 191 Å². The van der Waals surface area contributed by atoms with Crippen molar-refractivity contribution in [2.45, 2.75) is 67.2 Å². The van der Waals surface area contributed by atoms with Crippen molar-refractivity contribution in [3.8, 4) is 22.3 Å². The zero-order chi connectivity index (χ0) is 43.1. The van der Waals surface area contributed by atoms with Gasteiger partial charge < -0.3 is 9.80 Å². The normalized spacial score (nSPS) is 11.5. The molecule has 9 rings (SSSR count). The van der Waals surface area contributed by atoms with Crippen molar-refractivity contribution >= 4 is 55.7 Å². The Morgan fingerprint density at radius 2 is 0.613 bits per heavy atom. The first kappa shape index (κ1) is 40.5. The van der Waals surface area contributed by atoms with Gasteiger partial charge in [-0.1, -0.05) is 136 Å². The SMILES string of the molecule is Cc1ccc(N(c2ccc(-c3ccc4cc5cc(-c6ccc(N(c7ccc(C(C)C)cc7)c7ccc(C)cc7C)cc6)ccc5cc4c3)cc2)c2ccc(C(C)C)cc2)c(C)c1. The van der Waals surface area contributed by atoms with Crippen LogP contribution in [0.2, 0.25) is 0 Å². The van der Waals surface area contributed by atoms with Crippen LogP contribution in [0.3, 0.4) is 0 Å². The highest BCUT2D eigenvalue weighted by atomic mass is 15.1. The van der Waals surface area contributed by atoms with Crippen LogP contribution in [0.5, 0.6) is 0 Å². The standard InChI is InChI=1S/C60H56N2/c1-39(2)45-15-23-55(24-16-45)61(59-31-9-41(5)33-43(59)7)57-27-19-47(20-28-57)49-11-13-51-38-54-36-50(12-14-52(54)37-53(51)35-49)48-21-29-58(30-22-48)62(60-32-10-42(6)34-44(60)8)56-25-17-46(18-26-56)40(3)4/h9-40H,1-8H3. The maximum atomic E-state index is 2.38. The minimum Gasteiger partial charge on any atom is -0.310 e. The van der Waals surface area contributed by atoms with Gasteiger partial charge in [0.25, 0.3) is 0 Å². The Morgan fingerprint density at radius 1 is 0.290 bits per heavy atom. The molecule has 0 bridgehead atoms. The van der Waals surface area contributed by atoms with Gasteiger partial charge in [-0.15, -0.1) is 0 Å². The van der Waals surface area contributed by atoms with Crippen molar-refractivity contribution in [3.05, 3.63) is 215 Å². The topological polar surface area (TPSA) is 6.48 Å². The average Bonchev–Trinajstić information content (AvgIpc) is 3.28. The van der Waals surface area contributed by atoms with Crippen molar-refractivity contribution < 1.29 is 0 Å². The zero-order valence-corrected chi connectivity index (χ0v) is 37.4. The summed E-state index contributed by atoms with van der Waals surface area (Å²) in [6.07, 6.45) is 0. The third kappa shape index (κ3) is 8.14. The molecular weight excluding hydrogens is 749 g/mol. The van der Waals surface area contributed by atoms with Gasteiger partial charge in [-0.25, -0.2) is 0 Å². The third-order valence-corrected chi connectivity index (χ3v) is 12.5. The van der Waals surface area contributed by atoms with Crippen molar-refractivity contribution in [1.82, 2.24) is 0 Å². The lowest BCUT2D eigenvalue weighted by Gasteiger charge is -2.28. The van der Waals surface area contributed by atoms with E-state index in [-0.39, 0.29) is 0 Å². The van der Waals surface area contributed by atoms with E-state index in [2.05, 4.69) is 247 Å². The Kier molecular flexibility index (Phi) is 11.0. The fourth-order valence-corrected chi connectivity index (χ4v) is 8.95. The van der Waals surface area contributed by atoms with Crippen LogP contribution >= 0.6 is 0 Å². The average molecular weight is 805 g/mol. The largest absolute Gasteiger partial charge is 0.310 e. The molecule has 0 N–H and O–H groups in total. The molecule has 0 aromatic heterocycles. The molecule has 9 aromatic carbocycles. The Balaban J connectivity index is 0.992. The van der Waals surface area contributed by atoms with E-state index in [1.807, 2.05) is 0 Å². The Labute approximate surface area is 368 Å². The first-order chi connectivity index (χ1) is 30.0. The zero-order valence-electron chi connectivity index (χ0n) is 37.4. The molecule has 0 aliphatic carbocycles. The molecule has 9 aromatic rings. The molecule has 0 radical (unpaired) electrons. The fraction of sp³-hybridized carbons (Fsp3) is 0.167. The molecule has 62 heavy (non-hydrogen) atoms. The van der Waals surface area contributed by atoms with Crippen LogP contribution in [0.25, 0.3) is 43.8 Å². The maximum Gasteiger partial charge on any atom is 0.0490 e. The minimum absolute atomic E-state index is 0.491. The molecule has 0 heterocycles. The highest BCUT2D eigenvalue weighted by Crippen LogP contribution is 2.41. The summed E-state index contributed by atoms with van der Waals surface area (Å²) in [6, 6.07) is 68.0. The molecule has 0 aliphatic rings. The number of hydrogen-bond donors (Lipinski definition) is 0. The fourth-order valence-electron chi connectivity index (χ4n) is 8.95. The van der Waals surface area contributed by atoms with Gasteiger partial charge in [0.05, 0.1) is 0 Å². The van der Waals surface area contributed by atoms with Crippen molar-refractivity contribution in [3.63, 3.8) is 0 Å². The number of nitrogens with zero attached hydrogens (tertiary/aromatic N) is 2. The van der Waals surface area contributed by atoms with Crippen LogP contribution in [0.1, 0.15) is 72.9 Å². The summed E-state index contributed by atoms with van der Waals surface area (Å²) in [6.45, 7) is 17.7. The van der Waals surface area contributed by atoms with Crippen LogP contribution < -0.4 is 9.80 Å². The molecule has 0 spiro atoms. The Morgan fingerprint density at radius 3 is 0.935 bits per heavy atom. The summed E-state index contributed by atoms with van der Waals surface area (Å²) in [4.78, 5) is 4.76. The predicted octanol–water partition coefficient (Wildman–Crippen LogP) is 17.7. The maximum absolute atomic E-state index is 2.38. The van der Waals surface area contributed by atoms with Crippen LogP contribution in [0.15, 0.2) is 182 Å². The molecule has 306 valence electrons. The molecule has 0 amide bonds. The van der Waals surface area contributed by atoms with Gasteiger partial charge in [-0.3, -0.25) is 0 Å². The summed E-state index contributed by atoms with van der Waals surface area (Å²) >= 11 is 0. The second-order valence-electron chi connectivity index (χ2n) is 17.8. The molecular formula is C60H56N2. The lowest BCUT2D eigenvalue weighted by molar-refractivity contribution is 0.866. The van der Waals surface area contributed by atoms with E-state index in [1.54, 1.807) is 0 Å². The first-order valence-corrected chi connectivity index (χ1v) is 22.1. The summed E-state index contributed by atoms with van der Waals surface area (Å²) < 4.78 is 0. The minimum atomic E-state index is 0.491. The number of benzene rings is 9. The van der Waals surface area contributed by atoms with Gasteiger partial charge in [0.1, 0.15) is 0 Å². The summed E-state index contributed by atoms with van der Waals surface area (Å²) in [5.74, 6) is 0.981. The van der Waals surface area contributed by atoms with Gasteiger partial charge >= 0.3 is 0 Å². The molecule has 0 atom stereocenters. The van der Waals surface area contributed by atoms with Gasteiger partial charge in [0.2, 0.25) is 0 Å². The molecule has 2 nitrogen and oxygen atoms in total. The van der Waals surface area contributed by atoms with Crippen molar-refractivity contribution in [2.24, 2.45) is 0 Å². The van der Waals surface area contributed by atoms with Crippen LogP contribution in [0.4, 0.5) is 34.1 Å². The Bertz CT molecular complexity index is 2820. The number of anilines is 6. The second-order valence-corrected chi connectivity index (χ2v) is 17.8. The second kappa shape index (κ2) is 16.9. The van der Waals surface area contributed by atoms with Gasteiger partial charge in [-0.2, -0.15) is 0 Å². The Hall–Kier alpha value is -6.90. The summed E-state index contributed by atoms with van der Waals surface area (Å²) in [5, 5.41) is 4.96. The van der Waals surface area contributed by atoms with Crippen LogP contribution in [-0.2, 0) is 0 Å². The number of fused-ring (bicyclic) bond motifs is 2. The quantitative estimate of drug-likeness (QED) is 0.127. The molecule has 0 fully saturated rings. The van der Waals surface area contributed by atoms with E-state index < -0.39 is 0 Å². The van der Waals surface area contributed by atoms with E-state index in [4.69, 9.17) is 0 Å². The third-order valence-electron chi connectivity index (χ3n) is 12.5. The number of rotatable bonds is 10. The van der Waals surface area contributed by atoms with Crippen LogP contribution in [-0.4, -0.2) is 0 Å². The molecule has 0 unspecified atom stereocenters. The lowest BCUT2D eigenvalue weighted by Crippen LogP contribution is -2.11. The first-order valence-electron chi connectivity index (χ1n) is 22.1. The summed E-state index contributed by atoms with van der Waals surface area (Å²) in [5.41, 5.74) is 19.6. The smallest absolute Gasteiger partial charge is 0.0490 e. The number of hydrogen-bond acceptors (Lipinski definition) is 2. The van der Waals surface area contributed by atoms with E-state index in [1.165, 1.54) is 88.6 Å². The van der Waals surface area contributed by atoms with E-state index in [9.17, 15) is 0 Å². The molecule has 0 aliphatic heterocycles. The monoisotopic (exact) mass is 804 g/mol. The van der Waals surface area contributed by atoms with Crippen molar-refractivity contribution in [2.75, 3.05) is 9.80 Å². The van der Waals surface area contributed by atoms with Crippen molar-refractivity contribution in [1.29, 1.82) is 0 Å². The summed E-state index contributed by atoms with van der Waals surface area (Å²) in [7, 11) is 0. The van der Waals surface area contributed by atoms with E-state index in [0.717, 1.165) is 22.7 Å². The highest BCUT2D eigenvalue weighted by Gasteiger charge is 2.18. The molecule has 0 saturated carbocycles. The van der Waals surface area contributed by atoms with Gasteiger partial charge in [0.15, 0.2) is 0 Å². The van der Waals surface area contributed by atoms with Gasteiger partial charge in [0, 0.05) is 34.1 Å². The highest BCUT2D eigenvalue weighted by molar-refractivity contribution is 6.01.